The van der Waals surface area contributed by atoms with E-state index in [1.807, 2.05) is 49.9 Å². The molecule has 1 aromatic heterocycles. The van der Waals surface area contributed by atoms with Crippen LogP contribution >= 0.6 is 0 Å². The van der Waals surface area contributed by atoms with Crippen LogP contribution in [0.2, 0.25) is 0 Å². The fourth-order valence-electron chi connectivity index (χ4n) is 5.34. The van der Waals surface area contributed by atoms with Gasteiger partial charge in [0.25, 0.3) is 10.9 Å². The molecule has 0 aliphatic carbocycles. The van der Waals surface area contributed by atoms with Crippen molar-refractivity contribution in [2.45, 2.75) is 58.2 Å². The summed E-state index contributed by atoms with van der Waals surface area (Å²) in [6.07, 6.45) is 1.94. The molecule has 1 aliphatic heterocycles. The Morgan fingerprint density at radius 3 is 2.36 bits per heavy atom. The predicted molar refractivity (Wildman–Crippen MR) is 150 cm³/mol. The molecule has 0 bridgehead atoms. The fraction of sp³-hybridized carbons (Fsp3) is 0.333. The molecular weight excluding hydrogens is 498 g/mol. The lowest BCUT2D eigenvalue weighted by atomic mass is 10.0. The molecule has 4 aromatic rings. The maximum atomic E-state index is 12.4. The van der Waals surface area contributed by atoms with E-state index < -0.39 is 22.9 Å². The third-order valence-corrected chi connectivity index (χ3v) is 7.42. The maximum absolute atomic E-state index is 12.4. The molecule has 5 rings (SSSR count). The van der Waals surface area contributed by atoms with Gasteiger partial charge in [-0.25, -0.2) is 9.78 Å². The Morgan fingerprint density at radius 1 is 1.05 bits per heavy atom. The van der Waals surface area contributed by atoms with Gasteiger partial charge in [-0.1, -0.05) is 18.2 Å². The summed E-state index contributed by atoms with van der Waals surface area (Å²) >= 11 is 0. The highest BCUT2D eigenvalue weighted by Crippen LogP contribution is 2.34. The van der Waals surface area contributed by atoms with Gasteiger partial charge >= 0.3 is 5.97 Å². The summed E-state index contributed by atoms with van der Waals surface area (Å²) in [6, 6.07) is 13.9. The third-order valence-electron chi connectivity index (χ3n) is 7.42. The van der Waals surface area contributed by atoms with Gasteiger partial charge in [0.05, 0.1) is 7.11 Å². The molecule has 1 fully saturated rings. The van der Waals surface area contributed by atoms with Crippen molar-refractivity contribution in [2.75, 3.05) is 17.3 Å². The molecule has 3 aromatic carbocycles. The molecule has 9 nitrogen and oxygen atoms in total. The van der Waals surface area contributed by atoms with Crippen LogP contribution in [0.15, 0.2) is 58.1 Å². The average Bonchev–Trinajstić information content (AvgIpc) is 3.25. The van der Waals surface area contributed by atoms with Gasteiger partial charge in [-0.05, 0) is 74.9 Å². The number of aromatic nitrogens is 1. The van der Waals surface area contributed by atoms with Crippen molar-refractivity contribution >= 4 is 28.1 Å². The highest BCUT2D eigenvalue weighted by Gasteiger charge is 2.36. The van der Waals surface area contributed by atoms with Crippen molar-refractivity contribution in [1.29, 1.82) is 0 Å². The van der Waals surface area contributed by atoms with Crippen molar-refractivity contribution in [2.24, 2.45) is 0 Å². The van der Waals surface area contributed by atoms with E-state index in [1.165, 1.54) is 0 Å². The predicted octanol–water partition coefficient (Wildman–Crippen LogP) is 4.43. The number of aliphatic carboxylic acids is 1. The molecular formula is C30H31N3O6. The Hall–Kier alpha value is -4.40. The zero-order chi connectivity index (χ0) is 27.8. The Morgan fingerprint density at radius 2 is 1.72 bits per heavy atom. The number of methoxy groups -OCH3 is 1. The molecule has 1 saturated heterocycles. The third kappa shape index (κ3) is 5.04. The Bertz CT molecular complexity index is 1600. The van der Waals surface area contributed by atoms with Crippen LogP contribution in [-0.4, -0.2) is 41.3 Å². The summed E-state index contributed by atoms with van der Waals surface area (Å²) in [5.74, 6) is 0.572. The summed E-state index contributed by atoms with van der Waals surface area (Å²) in [7, 11) is 1.60. The number of nitrogens with zero attached hydrogens (tertiary/aromatic N) is 2. The average molecular weight is 530 g/mol. The Labute approximate surface area is 225 Å². The van der Waals surface area contributed by atoms with Gasteiger partial charge < -0.3 is 24.8 Å². The topological polar surface area (TPSA) is 118 Å². The van der Waals surface area contributed by atoms with E-state index in [2.05, 4.69) is 10.3 Å². The second kappa shape index (κ2) is 10.4. The standard InChI is InChI=1S/C30H31N3O6/c1-16-13-20-9-12-22(38-4)15-23(20)29(31-16)39-21-10-7-19(8-11-21)14-24(30(36)37)32-25-26(28(35)27(25)34)33-17(2)5-6-18(33)3/h7-13,15,17-18,24,32H,5-6,14H2,1-4H3,(H,36,37)/t17-,18+,24-/m0/s1. The smallest absolute Gasteiger partial charge is 0.326 e. The van der Waals surface area contributed by atoms with Crippen molar-refractivity contribution in [3.8, 4) is 17.4 Å². The first-order chi connectivity index (χ1) is 18.7. The van der Waals surface area contributed by atoms with Crippen LogP contribution in [0.1, 0.15) is 37.9 Å². The molecule has 0 spiro atoms. The number of benzene rings is 2. The first kappa shape index (κ1) is 26.2. The first-order valence-corrected chi connectivity index (χ1v) is 13.0. The maximum Gasteiger partial charge on any atom is 0.326 e. The quantitative estimate of drug-likeness (QED) is 0.304. The lowest BCUT2D eigenvalue weighted by Crippen LogP contribution is -2.48. The van der Waals surface area contributed by atoms with E-state index in [-0.39, 0.29) is 24.2 Å². The van der Waals surface area contributed by atoms with Gasteiger partial charge in [0, 0.05) is 29.6 Å². The molecule has 2 heterocycles. The normalized spacial score (nSPS) is 17.9. The monoisotopic (exact) mass is 529 g/mol. The number of carboxylic acids is 1. The molecule has 0 saturated carbocycles. The van der Waals surface area contributed by atoms with Gasteiger partial charge in [-0.3, -0.25) is 9.59 Å². The molecule has 9 heteroatoms. The number of pyridine rings is 1. The minimum Gasteiger partial charge on any atom is -0.497 e. The lowest BCUT2D eigenvalue weighted by Gasteiger charge is -2.32. The van der Waals surface area contributed by atoms with E-state index in [0.717, 1.165) is 34.9 Å². The van der Waals surface area contributed by atoms with E-state index in [9.17, 15) is 19.5 Å². The minimum atomic E-state index is -1.11. The number of aryl methyl sites for hydroxylation is 1. The Balaban J connectivity index is 1.34. The number of rotatable bonds is 9. The number of carbonyl (C=O) groups is 1. The summed E-state index contributed by atoms with van der Waals surface area (Å²) in [4.78, 5) is 43.4. The lowest BCUT2D eigenvalue weighted by molar-refractivity contribution is -0.137. The number of carboxylic acid groups (broad SMARTS) is 1. The number of hydrogen-bond acceptors (Lipinski definition) is 8. The highest BCUT2D eigenvalue weighted by molar-refractivity contribution is 5.89. The second-order valence-corrected chi connectivity index (χ2v) is 10.2. The first-order valence-electron chi connectivity index (χ1n) is 13.0. The van der Waals surface area contributed by atoms with Crippen LogP contribution in [0.5, 0.6) is 17.4 Å². The van der Waals surface area contributed by atoms with Crippen LogP contribution in [0.4, 0.5) is 11.4 Å². The van der Waals surface area contributed by atoms with Gasteiger partial charge in [-0.15, -0.1) is 0 Å². The van der Waals surface area contributed by atoms with E-state index >= 15 is 0 Å². The minimum absolute atomic E-state index is 0.0979. The SMILES string of the molecule is COc1ccc2cc(C)nc(Oc3ccc(C[C@H](Nc4c(N5[C@H](C)CC[C@@H]5C)c(=O)c4=O)C(=O)O)cc3)c2c1. The van der Waals surface area contributed by atoms with Gasteiger partial charge in [-0.2, -0.15) is 0 Å². The fourth-order valence-corrected chi connectivity index (χ4v) is 5.34. The van der Waals surface area contributed by atoms with Crippen molar-refractivity contribution in [3.05, 3.63) is 80.2 Å². The summed E-state index contributed by atoms with van der Waals surface area (Å²) in [5, 5.41) is 14.5. The highest BCUT2D eigenvalue weighted by atomic mass is 16.5. The second-order valence-electron chi connectivity index (χ2n) is 10.2. The zero-order valence-corrected chi connectivity index (χ0v) is 22.4. The van der Waals surface area contributed by atoms with E-state index in [1.54, 1.807) is 31.4 Å². The van der Waals surface area contributed by atoms with Crippen molar-refractivity contribution < 1.29 is 19.4 Å². The molecule has 3 atom stereocenters. The van der Waals surface area contributed by atoms with E-state index in [4.69, 9.17) is 9.47 Å². The molecule has 0 amide bonds. The van der Waals surface area contributed by atoms with Crippen LogP contribution in [0, 0.1) is 6.92 Å². The summed E-state index contributed by atoms with van der Waals surface area (Å²) < 4.78 is 11.4. The number of nitrogens with one attached hydrogen (secondary N) is 1. The largest absolute Gasteiger partial charge is 0.497 e. The summed E-state index contributed by atoms with van der Waals surface area (Å²) in [6.45, 7) is 5.91. The molecule has 202 valence electrons. The molecule has 0 radical (unpaired) electrons. The van der Waals surface area contributed by atoms with Crippen molar-refractivity contribution in [1.82, 2.24) is 4.98 Å². The number of fused-ring (bicyclic) bond motifs is 1. The number of hydrogen-bond donors (Lipinski definition) is 2. The van der Waals surface area contributed by atoms with Gasteiger partial charge in [0.2, 0.25) is 5.88 Å². The molecule has 39 heavy (non-hydrogen) atoms. The number of ether oxygens (including phenoxy) is 2. The molecule has 2 N–H and O–H groups in total. The van der Waals surface area contributed by atoms with Crippen LogP contribution in [0.25, 0.3) is 10.8 Å². The van der Waals surface area contributed by atoms with Crippen LogP contribution in [-0.2, 0) is 11.2 Å². The zero-order valence-electron chi connectivity index (χ0n) is 22.4. The van der Waals surface area contributed by atoms with Gasteiger partial charge in [0.15, 0.2) is 0 Å². The molecule has 0 unspecified atom stereocenters. The van der Waals surface area contributed by atoms with E-state index in [0.29, 0.717) is 23.1 Å². The van der Waals surface area contributed by atoms with Crippen LogP contribution < -0.4 is 30.5 Å². The van der Waals surface area contributed by atoms with Crippen LogP contribution in [0.3, 0.4) is 0 Å². The van der Waals surface area contributed by atoms with Crippen molar-refractivity contribution in [3.63, 3.8) is 0 Å². The molecule has 1 aliphatic rings. The summed E-state index contributed by atoms with van der Waals surface area (Å²) in [5.41, 5.74) is 0.724. The van der Waals surface area contributed by atoms with Gasteiger partial charge in [0.1, 0.15) is 28.9 Å². The number of anilines is 2. The Kier molecular flexibility index (Phi) is 6.99.